The van der Waals surface area contributed by atoms with Crippen molar-refractivity contribution < 1.29 is 23.1 Å². The van der Waals surface area contributed by atoms with Crippen LogP contribution in [-0.2, 0) is 26.0 Å². The summed E-state index contributed by atoms with van der Waals surface area (Å²) < 4.78 is 28.1. The van der Waals surface area contributed by atoms with E-state index in [1.807, 2.05) is 0 Å². The smallest absolute Gasteiger partial charge is 0.303 e. The average molecular weight is 433 g/mol. The fourth-order valence-electron chi connectivity index (χ4n) is 2.78. The van der Waals surface area contributed by atoms with Crippen LogP contribution in [0.25, 0.3) is 0 Å². The highest BCUT2D eigenvalue weighted by Gasteiger charge is 2.27. The number of anilines is 1. The lowest BCUT2D eigenvalue weighted by Crippen LogP contribution is -2.27. The molecule has 0 saturated heterocycles. The standard InChI is InChI=1S/C16H21BrN2O5S/c1-11(20)19-8-6-12-9-13(17)15(10-14(12)19)25(23,24)18-7-4-2-3-5-16(21)22/h9-10,18H,2-8H2,1H3,(H,21,22). The number of fused-ring (bicyclic) bond motifs is 1. The van der Waals surface area contributed by atoms with Gasteiger partial charge in [0, 0.05) is 36.6 Å². The van der Waals surface area contributed by atoms with Gasteiger partial charge >= 0.3 is 5.97 Å². The van der Waals surface area contributed by atoms with E-state index in [9.17, 15) is 18.0 Å². The van der Waals surface area contributed by atoms with Crippen molar-refractivity contribution in [3.63, 3.8) is 0 Å². The molecule has 138 valence electrons. The van der Waals surface area contributed by atoms with Crippen molar-refractivity contribution >= 4 is 43.5 Å². The zero-order chi connectivity index (χ0) is 18.6. The molecule has 0 aliphatic carbocycles. The van der Waals surface area contributed by atoms with Crippen molar-refractivity contribution in [3.05, 3.63) is 22.2 Å². The number of hydrogen-bond donors (Lipinski definition) is 2. The van der Waals surface area contributed by atoms with Gasteiger partial charge in [0.05, 0.1) is 4.90 Å². The number of sulfonamides is 1. The summed E-state index contributed by atoms with van der Waals surface area (Å²) in [6, 6.07) is 3.28. The Morgan fingerprint density at radius 1 is 1.28 bits per heavy atom. The first-order valence-electron chi connectivity index (χ1n) is 8.04. The van der Waals surface area contributed by atoms with Gasteiger partial charge in [-0.2, -0.15) is 0 Å². The number of nitrogens with zero attached hydrogens (tertiary/aromatic N) is 1. The average Bonchev–Trinajstić information content (AvgIpc) is 2.92. The Labute approximate surface area is 155 Å². The first kappa shape index (κ1) is 19.9. The number of carboxylic acid groups (broad SMARTS) is 1. The van der Waals surface area contributed by atoms with Crippen LogP contribution in [0.5, 0.6) is 0 Å². The summed E-state index contributed by atoms with van der Waals surface area (Å²) in [5, 5.41) is 8.57. The molecule has 0 bridgehead atoms. The molecular formula is C16H21BrN2O5S. The monoisotopic (exact) mass is 432 g/mol. The summed E-state index contributed by atoms with van der Waals surface area (Å²) in [4.78, 5) is 23.8. The molecule has 0 saturated carbocycles. The Morgan fingerprint density at radius 2 is 2.00 bits per heavy atom. The van der Waals surface area contributed by atoms with Crippen LogP contribution in [0.2, 0.25) is 0 Å². The van der Waals surface area contributed by atoms with E-state index in [1.54, 1.807) is 11.0 Å². The maximum absolute atomic E-state index is 12.5. The minimum absolute atomic E-state index is 0.0873. The maximum Gasteiger partial charge on any atom is 0.303 e. The molecule has 2 rings (SSSR count). The zero-order valence-corrected chi connectivity index (χ0v) is 16.3. The van der Waals surface area contributed by atoms with Crippen molar-refractivity contribution in [1.82, 2.24) is 4.72 Å². The molecule has 0 aromatic heterocycles. The SMILES string of the molecule is CC(=O)N1CCc2cc(Br)c(S(=O)(=O)NCCCCCC(=O)O)cc21. The fourth-order valence-corrected chi connectivity index (χ4v) is 4.96. The molecule has 0 spiro atoms. The molecule has 1 heterocycles. The summed E-state index contributed by atoms with van der Waals surface area (Å²) >= 11 is 3.30. The minimum atomic E-state index is -3.72. The summed E-state index contributed by atoms with van der Waals surface area (Å²) in [5.41, 5.74) is 1.58. The highest BCUT2D eigenvalue weighted by atomic mass is 79.9. The number of carboxylic acids is 1. The first-order chi connectivity index (χ1) is 11.7. The van der Waals surface area contributed by atoms with Crippen molar-refractivity contribution in [2.45, 2.75) is 43.9 Å². The van der Waals surface area contributed by atoms with Gasteiger partial charge in [0.1, 0.15) is 0 Å². The van der Waals surface area contributed by atoms with Crippen LogP contribution in [0.3, 0.4) is 0 Å². The molecule has 1 aromatic rings. The van der Waals surface area contributed by atoms with Crippen LogP contribution in [0.15, 0.2) is 21.5 Å². The van der Waals surface area contributed by atoms with Crippen LogP contribution in [0, 0.1) is 0 Å². The summed E-state index contributed by atoms with van der Waals surface area (Å²) in [7, 11) is -3.72. The summed E-state index contributed by atoms with van der Waals surface area (Å²) in [6.45, 7) is 2.25. The van der Waals surface area contributed by atoms with E-state index < -0.39 is 16.0 Å². The zero-order valence-electron chi connectivity index (χ0n) is 13.9. The van der Waals surface area contributed by atoms with Crippen molar-refractivity contribution in [1.29, 1.82) is 0 Å². The molecule has 9 heteroatoms. The van der Waals surface area contributed by atoms with E-state index in [0.717, 1.165) is 5.56 Å². The van der Waals surface area contributed by atoms with Gasteiger partial charge in [0.2, 0.25) is 15.9 Å². The van der Waals surface area contributed by atoms with Crippen molar-refractivity contribution in [2.75, 3.05) is 18.0 Å². The predicted octanol–water partition coefficient (Wildman–Crippen LogP) is 2.28. The van der Waals surface area contributed by atoms with Gasteiger partial charge in [-0.15, -0.1) is 0 Å². The fraction of sp³-hybridized carbons (Fsp3) is 0.500. The molecule has 1 aromatic carbocycles. The third-order valence-corrected chi connectivity index (χ3v) is 6.48. The topological polar surface area (TPSA) is 104 Å². The lowest BCUT2D eigenvalue weighted by atomic mass is 10.2. The van der Waals surface area contributed by atoms with E-state index >= 15 is 0 Å². The number of carbonyl (C=O) groups is 2. The third kappa shape index (κ3) is 5.02. The molecule has 25 heavy (non-hydrogen) atoms. The van der Waals surface area contributed by atoms with E-state index in [1.165, 1.54) is 13.0 Å². The van der Waals surface area contributed by atoms with Crippen LogP contribution in [0.4, 0.5) is 5.69 Å². The lowest BCUT2D eigenvalue weighted by molar-refractivity contribution is -0.137. The normalized spacial score (nSPS) is 13.8. The third-order valence-electron chi connectivity index (χ3n) is 4.06. The molecule has 0 atom stereocenters. The van der Waals surface area contributed by atoms with Gasteiger partial charge in [-0.3, -0.25) is 9.59 Å². The lowest BCUT2D eigenvalue weighted by Gasteiger charge is -2.16. The second kappa shape index (κ2) is 8.29. The number of amides is 1. The number of hydrogen-bond acceptors (Lipinski definition) is 4. The van der Waals surface area contributed by atoms with Crippen molar-refractivity contribution in [2.24, 2.45) is 0 Å². The second-order valence-electron chi connectivity index (χ2n) is 5.93. The number of aliphatic carboxylic acids is 1. The van der Waals surface area contributed by atoms with Gasteiger partial charge in [0.15, 0.2) is 0 Å². The Bertz CT molecular complexity index is 779. The Balaban J connectivity index is 2.05. The molecule has 0 unspecified atom stereocenters. The van der Waals surface area contributed by atoms with E-state index in [2.05, 4.69) is 20.7 Å². The predicted molar refractivity (Wildman–Crippen MR) is 97.2 cm³/mol. The minimum Gasteiger partial charge on any atom is -0.481 e. The van der Waals surface area contributed by atoms with Crippen LogP contribution < -0.4 is 9.62 Å². The highest BCUT2D eigenvalue weighted by molar-refractivity contribution is 9.10. The molecule has 2 N–H and O–H groups in total. The van der Waals surface area contributed by atoms with E-state index in [-0.39, 0.29) is 23.8 Å². The highest BCUT2D eigenvalue weighted by Crippen LogP contribution is 2.35. The second-order valence-corrected chi connectivity index (χ2v) is 8.52. The van der Waals surface area contributed by atoms with Crippen molar-refractivity contribution in [3.8, 4) is 0 Å². The van der Waals surface area contributed by atoms with Gasteiger partial charge in [0.25, 0.3) is 0 Å². The largest absolute Gasteiger partial charge is 0.481 e. The van der Waals surface area contributed by atoms with E-state index in [0.29, 0.717) is 42.4 Å². The molecular weight excluding hydrogens is 412 g/mol. The molecule has 7 nitrogen and oxygen atoms in total. The molecule has 1 amide bonds. The quantitative estimate of drug-likeness (QED) is 0.613. The number of carbonyl (C=O) groups excluding carboxylic acids is 1. The van der Waals surface area contributed by atoms with Gasteiger partial charge in [-0.05, 0) is 52.9 Å². The summed E-state index contributed by atoms with van der Waals surface area (Å²) in [5.74, 6) is -0.964. The number of benzene rings is 1. The van der Waals surface area contributed by atoms with Crippen LogP contribution >= 0.6 is 15.9 Å². The first-order valence-corrected chi connectivity index (χ1v) is 10.3. The Kier molecular flexibility index (Phi) is 6.59. The van der Waals surface area contributed by atoms with Crippen LogP contribution in [0.1, 0.15) is 38.2 Å². The number of nitrogens with one attached hydrogen (secondary N) is 1. The molecule has 0 radical (unpaired) electrons. The number of halogens is 1. The Hall–Kier alpha value is -1.45. The van der Waals surface area contributed by atoms with Gasteiger partial charge in [-0.25, -0.2) is 13.1 Å². The molecule has 1 aliphatic heterocycles. The van der Waals surface area contributed by atoms with Gasteiger partial charge < -0.3 is 10.0 Å². The Morgan fingerprint density at radius 3 is 2.64 bits per heavy atom. The summed E-state index contributed by atoms with van der Waals surface area (Å²) in [6.07, 6.45) is 2.51. The molecule has 1 aliphatic rings. The van der Waals surface area contributed by atoms with E-state index in [4.69, 9.17) is 5.11 Å². The molecule has 0 fully saturated rings. The maximum atomic E-state index is 12.5. The number of unbranched alkanes of at least 4 members (excludes halogenated alkanes) is 2. The number of rotatable bonds is 8. The van der Waals surface area contributed by atoms with Gasteiger partial charge in [-0.1, -0.05) is 6.42 Å². The van der Waals surface area contributed by atoms with Crippen LogP contribution in [-0.4, -0.2) is 38.5 Å².